The van der Waals surface area contributed by atoms with Crippen LogP contribution in [-0.2, 0) is 28.6 Å². The molecule has 7 nitrogen and oxygen atoms in total. The van der Waals surface area contributed by atoms with Crippen molar-refractivity contribution in [3.05, 3.63) is 11.6 Å². The van der Waals surface area contributed by atoms with Crippen molar-refractivity contribution < 1.29 is 33.7 Å². The Balaban J connectivity index is 1.62. The summed E-state index contributed by atoms with van der Waals surface area (Å²) in [4.78, 5) is 38.2. The third-order valence-corrected chi connectivity index (χ3v) is 9.73. The second kappa shape index (κ2) is 6.97. The number of aliphatic hydroxyl groups excluding tert-OH is 1. The summed E-state index contributed by atoms with van der Waals surface area (Å²) in [5.74, 6) is -1.42. The molecule has 0 aromatic rings. The number of hydrogen-bond acceptors (Lipinski definition) is 7. The lowest BCUT2D eigenvalue weighted by atomic mass is 9.43. The lowest BCUT2D eigenvalue weighted by molar-refractivity contribution is -0.372. The Morgan fingerprint density at radius 2 is 1.94 bits per heavy atom. The third-order valence-electron chi connectivity index (χ3n) is 9.73. The van der Waals surface area contributed by atoms with E-state index in [9.17, 15) is 19.5 Å². The number of aliphatic hydroxyl groups is 1. The summed E-state index contributed by atoms with van der Waals surface area (Å²) in [6.07, 6.45) is 4.53. The average molecular weight is 447 g/mol. The van der Waals surface area contributed by atoms with Gasteiger partial charge < -0.3 is 19.3 Å². The second-order valence-electron chi connectivity index (χ2n) is 10.9. The minimum absolute atomic E-state index is 0.00909. The van der Waals surface area contributed by atoms with Crippen LogP contribution in [0.25, 0.3) is 0 Å². The zero-order valence-corrected chi connectivity index (χ0v) is 19.4. The van der Waals surface area contributed by atoms with Gasteiger partial charge in [-0.25, -0.2) is 4.79 Å². The number of esters is 1. The molecule has 1 aliphatic heterocycles. The molecule has 3 saturated carbocycles. The van der Waals surface area contributed by atoms with E-state index in [4.69, 9.17) is 14.2 Å². The molecule has 0 aromatic heterocycles. The SMILES string of the molecule is CCOC(=O)C(=O)[C@@]12CC[C@@]3(OC(C)O1)[C@@H]1CCC4=CC(=O)CC[C@]4(C)[C@H]1[C@H](O)C[C@]23C. The Kier molecular flexibility index (Phi) is 4.84. The highest BCUT2D eigenvalue weighted by Gasteiger charge is 2.80. The van der Waals surface area contributed by atoms with Gasteiger partial charge in [0, 0.05) is 11.8 Å². The van der Waals surface area contributed by atoms with Gasteiger partial charge in [-0.2, -0.15) is 0 Å². The number of allylic oxidation sites excluding steroid dienone is 1. The van der Waals surface area contributed by atoms with Crippen molar-refractivity contribution in [1.82, 2.24) is 0 Å². The molecule has 7 heteroatoms. The van der Waals surface area contributed by atoms with E-state index >= 15 is 0 Å². The highest BCUT2D eigenvalue weighted by atomic mass is 16.7. The molecule has 2 bridgehead atoms. The average Bonchev–Trinajstić information content (AvgIpc) is 2.86. The van der Waals surface area contributed by atoms with Crippen LogP contribution in [0.4, 0.5) is 0 Å². The third kappa shape index (κ3) is 2.50. The van der Waals surface area contributed by atoms with E-state index in [0.29, 0.717) is 25.7 Å². The number of carbonyl (C=O) groups is 3. The van der Waals surface area contributed by atoms with Crippen LogP contribution in [0.3, 0.4) is 0 Å². The van der Waals surface area contributed by atoms with E-state index in [1.54, 1.807) is 19.9 Å². The minimum atomic E-state index is -1.36. The Morgan fingerprint density at radius 3 is 2.66 bits per heavy atom. The van der Waals surface area contributed by atoms with E-state index in [1.807, 2.05) is 6.92 Å². The van der Waals surface area contributed by atoms with Crippen LogP contribution in [0.1, 0.15) is 72.6 Å². The number of fused-ring (bicyclic) bond motifs is 3. The monoisotopic (exact) mass is 446 g/mol. The molecule has 0 aromatic carbocycles. The zero-order valence-electron chi connectivity index (χ0n) is 19.4. The Bertz CT molecular complexity index is 910. The number of ether oxygens (including phenoxy) is 3. The highest BCUT2D eigenvalue weighted by Crippen LogP contribution is 2.73. The molecule has 0 spiro atoms. The quantitative estimate of drug-likeness (QED) is 0.526. The van der Waals surface area contributed by atoms with Crippen LogP contribution < -0.4 is 0 Å². The lowest BCUT2D eigenvalue weighted by Crippen LogP contribution is -2.74. The molecule has 4 fully saturated rings. The first-order valence-electron chi connectivity index (χ1n) is 12.0. The molecule has 1 N–H and O–H groups in total. The summed E-state index contributed by atoms with van der Waals surface area (Å²) in [6, 6.07) is 0. The normalized spacial score (nSPS) is 49.4. The number of Topliss-reactive ketones (excluding diaryl/α,β-unsaturated/α-hetero) is 1. The molecule has 8 atom stereocenters. The van der Waals surface area contributed by atoms with Crippen molar-refractivity contribution in [2.24, 2.45) is 22.7 Å². The maximum atomic E-state index is 13.5. The standard InChI is InChI=1S/C25H34O7/c1-5-30-21(29)20(28)25-11-10-24(31-14(2)32-25)17-7-6-15-12-16(26)8-9-22(15,3)19(17)18(27)13-23(24,25)4/h12,14,17-19,27H,5-11,13H2,1-4H3/t14?,17-,18-,19-,22+,23+,24-,25-/m1/s1. The van der Waals surface area contributed by atoms with E-state index in [-0.39, 0.29) is 29.6 Å². The van der Waals surface area contributed by atoms with Crippen molar-refractivity contribution in [3.8, 4) is 0 Å². The Morgan fingerprint density at radius 1 is 1.19 bits per heavy atom. The molecule has 5 aliphatic rings. The molecule has 4 aliphatic carbocycles. The summed E-state index contributed by atoms with van der Waals surface area (Å²) >= 11 is 0. The summed E-state index contributed by atoms with van der Waals surface area (Å²) in [6.45, 7) is 7.72. The molecular formula is C25H34O7. The fourth-order valence-electron chi connectivity index (χ4n) is 8.44. The van der Waals surface area contributed by atoms with E-state index in [1.165, 1.54) is 0 Å². The van der Waals surface area contributed by atoms with Gasteiger partial charge in [-0.05, 0) is 75.7 Å². The van der Waals surface area contributed by atoms with Crippen molar-refractivity contribution in [2.45, 2.75) is 96.2 Å². The fourth-order valence-corrected chi connectivity index (χ4v) is 8.44. The van der Waals surface area contributed by atoms with Gasteiger partial charge in [0.2, 0.25) is 0 Å². The molecule has 1 heterocycles. The lowest BCUT2D eigenvalue weighted by Gasteiger charge is -2.67. The molecule has 1 saturated heterocycles. The van der Waals surface area contributed by atoms with Gasteiger partial charge in [0.15, 0.2) is 12.1 Å². The number of ketones is 2. The van der Waals surface area contributed by atoms with Gasteiger partial charge in [0.1, 0.15) is 5.60 Å². The summed E-state index contributed by atoms with van der Waals surface area (Å²) in [5, 5.41) is 11.6. The van der Waals surface area contributed by atoms with Crippen molar-refractivity contribution in [2.75, 3.05) is 6.61 Å². The van der Waals surface area contributed by atoms with Crippen molar-refractivity contribution in [3.63, 3.8) is 0 Å². The fraction of sp³-hybridized carbons (Fsp3) is 0.800. The first-order valence-corrected chi connectivity index (χ1v) is 12.0. The van der Waals surface area contributed by atoms with Gasteiger partial charge in [-0.15, -0.1) is 0 Å². The van der Waals surface area contributed by atoms with Crippen LogP contribution in [0.2, 0.25) is 0 Å². The maximum Gasteiger partial charge on any atom is 0.377 e. The van der Waals surface area contributed by atoms with Gasteiger partial charge in [0.25, 0.3) is 5.78 Å². The van der Waals surface area contributed by atoms with Crippen LogP contribution in [0, 0.1) is 22.7 Å². The highest BCUT2D eigenvalue weighted by molar-refractivity contribution is 6.37. The number of carbonyl (C=O) groups excluding carboxylic acids is 3. The van der Waals surface area contributed by atoms with Crippen LogP contribution >= 0.6 is 0 Å². The summed E-state index contributed by atoms with van der Waals surface area (Å²) in [5.41, 5.74) is -2.01. The largest absolute Gasteiger partial charge is 0.460 e. The number of rotatable bonds is 3. The topological polar surface area (TPSA) is 99.1 Å². The summed E-state index contributed by atoms with van der Waals surface area (Å²) in [7, 11) is 0. The summed E-state index contributed by atoms with van der Waals surface area (Å²) < 4.78 is 17.9. The van der Waals surface area contributed by atoms with Gasteiger partial charge in [-0.3, -0.25) is 9.59 Å². The molecule has 5 rings (SSSR count). The Hall–Kier alpha value is -1.57. The van der Waals surface area contributed by atoms with E-state index < -0.39 is 40.8 Å². The van der Waals surface area contributed by atoms with Gasteiger partial charge in [0.05, 0.1) is 18.3 Å². The maximum absolute atomic E-state index is 13.5. The van der Waals surface area contributed by atoms with E-state index in [0.717, 1.165) is 24.8 Å². The van der Waals surface area contributed by atoms with Gasteiger partial charge >= 0.3 is 5.97 Å². The van der Waals surface area contributed by atoms with Crippen LogP contribution in [0.5, 0.6) is 0 Å². The molecule has 1 unspecified atom stereocenters. The van der Waals surface area contributed by atoms with Crippen LogP contribution in [0.15, 0.2) is 11.6 Å². The zero-order chi connectivity index (χ0) is 23.1. The number of hydrogen-bond donors (Lipinski definition) is 1. The second-order valence-corrected chi connectivity index (χ2v) is 10.9. The minimum Gasteiger partial charge on any atom is -0.460 e. The predicted octanol–water partition coefficient (Wildman–Crippen LogP) is 2.88. The molecule has 0 amide bonds. The first-order chi connectivity index (χ1) is 15.0. The smallest absolute Gasteiger partial charge is 0.377 e. The van der Waals surface area contributed by atoms with Crippen molar-refractivity contribution >= 4 is 17.5 Å². The van der Waals surface area contributed by atoms with Crippen molar-refractivity contribution in [1.29, 1.82) is 0 Å². The van der Waals surface area contributed by atoms with E-state index in [2.05, 4.69) is 6.92 Å². The predicted molar refractivity (Wildman–Crippen MR) is 113 cm³/mol. The molecule has 32 heavy (non-hydrogen) atoms. The molecular weight excluding hydrogens is 412 g/mol. The molecule has 176 valence electrons. The Labute approximate surface area is 188 Å². The molecule has 0 radical (unpaired) electrons. The first kappa shape index (κ1) is 22.2. The van der Waals surface area contributed by atoms with Gasteiger partial charge in [-0.1, -0.05) is 19.4 Å². The van der Waals surface area contributed by atoms with Crippen LogP contribution in [-0.4, -0.2) is 52.8 Å².